The number of hydrogen-bond acceptors (Lipinski definition) is 5. The maximum Gasteiger partial charge on any atom is 0.261 e. The number of amides is 1. The van der Waals surface area contributed by atoms with Crippen molar-refractivity contribution in [2.24, 2.45) is 7.05 Å². The number of ether oxygens (including phenoxy) is 1. The molecule has 27 heavy (non-hydrogen) atoms. The highest BCUT2D eigenvalue weighted by atomic mass is 32.1. The molecule has 2 aliphatic heterocycles. The van der Waals surface area contributed by atoms with Gasteiger partial charge in [0.2, 0.25) is 0 Å². The van der Waals surface area contributed by atoms with Crippen molar-refractivity contribution < 1.29 is 9.53 Å². The first-order chi connectivity index (χ1) is 13.1. The summed E-state index contributed by atoms with van der Waals surface area (Å²) in [4.78, 5) is 21.6. The molecular formula is C20H26N4O2S. The van der Waals surface area contributed by atoms with Crippen LogP contribution in [0.15, 0.2) is 18.5 Å². The lowest BCUT2D eigenvalue weighted by Crippen LogP contribution is -2.46. The summed E-state index contributed by atoms with van der Waals surface area (Å²) in [7, 11) is 2.05. The van der Waals surface area contributed by atoms with Crippen LogP contribution in [0.2, 0.25) is 0 Å². The predicted octanol–water partition coefficient (Wildman–Crippen LogP) is 2.44. The number of hydrogen-bond donors (Lipinski definition) is 1. The van der Waals surface area contributed by atoms with Gasteiger partial charge in [0.05, 0.1) is 23.6 Å². The highest BCUT2D eigenvalue weighted by Gasteiger charge is 2.42. The number of rotatable bonds is 4. The summed E-state index contributed by atoms with van der Waals surface area (Å²) in [6.45, 7) is 3.62. The number of carbonyl (C=O) groups excluding carboxylic acids is 1. The molecule has 0 unspecified atom stereocenters. The molecule has 2 aromatic rings. The molecule has 6 nitrogen and oxygen atoms in total. The van der Waals surface area contributed by atoms with Crippen molar-refractivity contribution in [2.45, 2.75) is 50.3 Å². The minimum atomic E-state index is -0.208. The van der Waals surface area contributed by atoms with Crippen molar-refractivity contribution in [1.82, 2.24) is 19.8 Å². The second kappa shape index (κ2) is 6.72. The van der Waals surface area contributed by atoms with Gasteiger partial charge in [-0.15, -0.1) is 11.3 Å². The van der Waals surface area contributed by atoms with E-state index in [1.165, 1.54) is 10.4 Å². The van der Waals surface area contributed by atoms with Gasteiger partial charge in [0.1, 0.15) is 5.82 Å². The molecule has 4 heterocycles. The Labute approximate surface area is 163 Å². The van der Waals surface area contributed by atoms with Crippen LogP contribution in [0.25, 0.3) is 0 Å². The van der Waals surface area contributed by atoms with Crippen LogP contribution >= 0.6 is 11.3 Å². The Morgan fingerprint density at radius 3 is 2.93 bits per heavy atom. The van der Waals surface area contributed by atoms with Crippen molar-refractivity contribution >= 4 is 17.2 Å². The Hall–Kier alpha value is -1.70. The van der Waals surface area contributed by atoms with Crippen LogP contribution in [0.1, 0.15) is 51.6 Å². The molecule has 1 spiro atoms. The molecular weight excluding hydrogens is 360 g/mol. The van der Waals surface area contributed by atoms with Crippen molar-refractivity contribution in [2.75, 3.05) is 19.7 Å². The first-order valence-electron chi connectivity index (χ1n) is 9.89. The lowest BCUT2D eigenvalue weighted by molar-refractivity contribution is -0.0983. The van der Waals surface area contributed by atoms with Crippen LogP contribution in [0, 0.1) is 0 Å². The lowest BCUT2D eigenvalue weighted by atomic mass is 9.82. The minimum Gasteiger partial charge on any atom is -0.370 e. The van der Waals surface area contributed by atoms with E-state index in [9.17, 15) is 4.79 Å². The highest BCUT2D eigenvalue weighted by molar-refractivity contribution is 7.14. The normalized spacial score (nSPS) is 22.0. The summed E-state index contributed by atoms with van der Waals surface area (Å²) in [5, 5.41) is 3.12. The van der Waals surface area contributed by atoms with E-state index >= 15 is 0 Å². The Morgan fingerprint density at radius 2 is 2.22 bits per heavy atom. The lowest BCUT2D eigenvalue weighted by Gasteiger charge is -2.44. The van der Waals surface area contributed by atoms with Crippen molar-refractivity contribution in [3.63, 3.8) is 0 Å². The average molecular weight is 387 g/mol. The molecule has 0 aromatic carbocycles. The number of imidazole rings is 1. The average Bonchev–Trinajstić information content (AvgIpc) is 3.21. The number of aryl methyl sites for hydroxylation is 1. The van der Waals surface area contributed by atoms with Crippen molar-refractivity contribution in [3.05, 3.63) is 39.6 Å². The molecule has 0 atom stereocenters. The molecule has 1 saturated heterocycles. The predicted molar refractivity (Wildman–Crippen MR) is 104 cm³/mol. The third-order valence-electron chi connectivity index (χ3n) is 6.09. The summed E-state index contributed by atoms with van der Waals surface area (Å²) < 4.78 is 8.44. The summed E-state index contributed by atoms with van der Waals surface area (Å²) in [6.07, 6.45) is 8.98. The number of thiophene rings is 1. The van der Waals surface area contributed by atoms with Crippen LogP contribution in [0.5, 0.6) is 0 Å². The smallest absolute Gasteiger partial charge is 0.261 e. The molecule has 1 N–H and O–H groups in total. The molecule has 1 saturated carbocycles. The van der Waals surface area contributed by atoms with Gasteiger partial charge in [0, 0.05) is 49.9 Å². The second-order valence-electron chi connectivity index (χ2n) is 8.02. The minimum absolute atomic E-state index is 0.0965. The highest BCUT2D eigenvalue weighted by Crippen LogP contribution is 2.44. The molecule has 2 fully saturated rings. The molecule has 1 amide bonds. The van der Waals surface area contributed by atoms with Crippen LogP contribution in [0.3, 0.4) is 0 Å². The largest absolute Gasteiger partial charge is 0.370 e. The van der Waals surface area contributed by atoms with Gasteiger partial charge in [0.25, 0.3) is 5.91 Å². The van der Waals surface area contributed by atoms with E-state index in [2.05, 4.69) is 25.8 Å². The van der Waals surface area contributed by atoms with Gasteiger partial charge in [-0.25, -0.2) is 4.98 Å². The molecule has 7 heteroatoms. The fourth-order valence-corrected chi connectivity index (χ4v) is 5.38. The van der Waals surface area contributed by atoms with E-state index in [1.54, 1.807) is 11.3 Å². The Kier molecular flexibility index (Phi) is 4.33. The maximum absolute atomic E-state index is 12.5. The van der Waals surface area contributed by atoms with E-state index in [0.29, 0.717) is 6.04 Å². The standard InChI is InChI=1S/C20H26N4O2S/c1-23-10-7-21-18(23)13-24-8-5-20(6-9-24)15-12-17(19(25)22-14-2-3-14)27-16(15)4-11-26-20/h7,10,12,14H,2-6,8-9,11,13H2,1H3,(H,22,25). The first kappa shape index (κ1) is 17.4. The zero-order valence-corrected chi connectivity index (χ0v) is 16.6. The van der Waals surface area contributed by atoms with E-state index in [0.717, 1.165) is 69.0 Å². The van der Waals surface area contributed by atoms with Gasteiger partial charge in [-0.3, -0.25) is 9.69 Å². The topological polar surface area (TPSA) is 59.4 Å². The Morgan fingerprint density at radius 1 is 1.41 bits per heavy atom. The number of likely N-dealkylation sites (tertiary alicyclic amines) is 1. The van der Waals surface area contributed by atoms with Crippen molar-refractivity contribution in [1.29, 1.82) is 0 Å². The van der Waals surface area contributed by atoms with Crippen LogP contribution in [-0.4, -0.2) is 46.1 Å². The third-order valence-corrected chi connectivity index (χ3v) is 7.29. The van der Waals surface area contributed by atoms with Gasteiger partial charge < -0.3 is 14.6 Å². The maximum atomic E-state index is 12.5. The number of aromatic nitrogens is 2. The first-order valence-corrected chi connectivity index (χ1v) is 10.7. The number of nitrogens with zero attached hydrogens (tertiary/aromatic N) is 3. The Bertz CT molecular complexity index is 846. The van der Waals surface area contributed by atoms with E-state index < -0.39 is 0 Å². The van der Waals surface area contributed by atoms with E-state index in [4.69, 9.17) is 4.74 Å². The summed E-state index contributed by atoms with van der Waals surface area (Å²) in [6, 6.07) is 2.52. The zero-order chi connectivity index (χ0) is 18.4. The third kappa shape index (κ3) is 3.32. The van der Waals surface area contributed by atoms with Crippen LogP contribution in [0.4, 0.5) is 0 Å². The van der Waals surface area contributed by atoms with Gasteiger partial charge in [-0.05, 0) is 37.3 Å². The molecule has 5 rings (SSSR count). The summed E-state index contributed by atoms with van der Waals surface area (Å²) in [5.74, 6) is 1.20. The van der Waals surface area contributed by atoms with Crippen LogP contribution < -0.4 is 5.32 Å². The van der Waals surface area contributed by atoms with E-state index in [-0.39, 0.29) is 11.5 Å². The van der Waals surface area contributed by atoms with Crippen molar-refractivity contribution in [3.8, 4) is 0 Å². The quantitative estimate of drug-likeness (QED) is 0.877. The molecule has 0 radical (unpaired) electrons. The summed E-state index contributed by atoms with van der Waals surface area (Å²) in [5.41, 5.74) is 1.07. The number of carbonyl (C=O) groups is 1. The number of nitrogens with one attached hydrogen (secondary N) is 1. The second-order valence-corrected chi connectivity index (χ2v) is 9.16. The fourth-order valence-electron chi connectivity index (χ4n) is 4.25. The fraction of sp³-hybridized carbons (Fsp3) is 0.600. The van der Waals surface area contributed by atoms with Gasteiger partial charge >= 0.3 is 0 Å². The number of fused-ring (bicyclic) bond motifs is 2. The molecule has 2 aromatic heterocycles. The molecule has 1 aliphatic carbocycles. The number of piperidine rings is 1. The summed E-state index contributed by atoms with van der Waals surface area (Å²) >= 11 is 1.67. The van der Waals surface area contributed by atoms with Crippen LogP contribution in [-0.2, 0) is 30.4 Å². The van der Waals surface area contributed by atoms with Gasteiger partial charge in [-0.1, -0.05) is 0 Å². The van der Waals surface area contributed by atoms with Gasteiger partial charge in [0.15, 0.2) is 0 Å². The van der Waals surface area contributed by atoms with Gasteiger partial charge in [-0.2, -0.15) is 0 Å². The SMILES string of the molecule is Cn1ccnc1CN1CCC2(CC1)OCCc1sc(C(=O)NC3CC3)cc12. The zero-order valence-electron chi connectivity index (χ0n) is 15.7. The molecule has 144 valence electrons. The van der Waals surface area contributed by atoms with E-state index in [1.807, 2.05) is 19.4 Å². The Balaban J connectivity index is 1.31. The monoisotopic (exact) mass is 386 g/mol. The molecule has 0 bridgehead atoms. The molecule has 3 aliphatic rings.